The first-order chi connectivity index (χ1) is 12.8. The van der Waals surface area contributed by atoms with E-state index in [0.717, 1.165) is 0 Å². The Morgan fingerprint density at radius 2 is 1.67 bits per heavy atom. The second-order valence-corrected chi connectivity index (χ2v) is 7.54. The van der Waals surface area contributed by atoms with Gasteiger partial charge in [-0.15, -0.1) is 0 Å². The Labute approximate surface area is 154 Å². The molecule has 0 saturated carbocycles. The first-order valence-electron chi connectivity index (χ1n) is 7.70. The van der Waals surface area contributed by atoms with Gasteiger partial charge in [0, 0.05) is 18.9 Å². The Balaban J connectivity index is 1.73. The molecule has 0 aromatic heterocycles. The third-order valence-corrected chi connectivity index (χ3v) is 5.83. The highest BCUT2D eigenvalue weighted by atomic mass is 32.2. The molecule has 144 valence electrons. The molecule has 10 nitrogen and oxygen atoms in total. The second-order valence-electron chi connectivity index (χ2n) is 5.57. The van der Waals surface area contributed by atoms with Gasteiger partial charge in [0.15, 0.2) is 11.5 Å². The van der Waals surface area contributed by atoms with Crippen LogP contribution in [0.5, 0.6) is 11.5 Å². The molecule has 1 fully saturated rings. The van der Waals surface area contributed by atoms with Gasteiger partial charge in [0.1, 0.15) is 6.61 Å². The Kier molecular flexibility index (Phi) is 4.79. The smallest absolute Gasteiger partial charge is 0.493 e. The van der Waals surface area contributed by atoms with E-state index in [9.17, 15) is 22.8 Å². The maximum absolute atomic E-state index is 12.6. The molecule has 27 heavy (non-hydrogen) atoms. The zero-order valence-electron chi connectivity index (χ0n) is 14.4. The van der Waals surface area contributed by atoms with Crippen LogP contribution in [0.1, 0.15) is 18.4 Å². The van der Waals surface area contributed by atoms with Gasteiger partial charge in [0.05, 0.1) is 24.0 Å². The van der Waals surface area contributed by atoms with E-state index in [1.54, 1.807) is 0 Å². The molecule has 0 aliphatic carbocycles. The zero-order chi connectivity index (χ0) is 19.8. The van der Waals surface area contributed by atoms with Crippen molar-refractivity contribution in [3.8, 4) is 11.5 Å². The fraction of sp³-hybridized carbons (Fsp3) is 0.312. The quantitative estimate of drug-likeness (QED) is 0.529. The highest BCUT2D eigenvalue weighted by molar-refractivity contribution is 7.95. The molecule has 0 unspecified atom stereocenters. The predicted molar refractivity (Wildman–Crippen MR) is 88.2 cm³/mol. The highest BCUT2D eigenvalue weighted by Crippen LogP contribution is 2.40. The monoisotopic (exact) mass is 397 g/mol. The summed E-state index contributed by atoms with van der Waals surface area (Å²) in [6, 6.07) is 2.80. The number of hydroxylamine groups is 2. The minimum absolute atomic E-state index is 0.0167. The number of rotatable bonds is 5. The third-order valence-electron chi connectivity index (χ3n) is 3.97. The second kappa shape index (κ2) is 6.91. The van der Waals surface area contributed by atoms with Crippen LogP contribution in [-0.4, -0.2) is 52.3 Å². The fourth-order valence-corrected chi connectivity index (χ4v) is 4.09. The lowest BCUT2D eigenvalue weighted by atomic mass is 10.2. The fourth-order valence-electron chi connectivity index (χ4n) is 2.62. The number of fused-ring (bicyclic) bond motifs is 1. The lowest BCUT2D eigenvalue weighted by Gasteiger charge is -2.12. The van der Waals surface area contributed by atoms with Crippen molar-refractivity contribution in [1.29, 1.82) is 0 Å². The molecule has 1 aromatic carbocycles. The van der Waals surface area contributed by atoms with E-state index in [1.165, 1.54) is 32.4 Å². The van der Waals surface area contributed by atoms with Gasteiger partial charge in [-0.1, -0.05) is 5.06 Å². The van der Waals surface area contributed by atoms with Crippen LogP contribution in [0.15, 0.2) is 21.9 Å². The largest absolute Gasteiger partial charge is 0.534 e. The minimum Gasteiger partial charge on any atom is -0.493 e. The molecule has 0 spiro atoms. The van der Waals surface area contributed by atoms with E-state index < -0.39 is 34.4 Å². The molecule has 3 rings (SSSR count). The van der Waals surface area contributed by atoms with E-state index in [2.05, 4.69) is 4.84 Å². The Morgan fingerprint density at radius 3 is 2.26 bits per heavy atom. The number of methoxy groups -OCH3 is 2. The maximum Gasteiger partial charge on any atom is 0.534 e. The number of carbonyl (C=O) groups excluding carboxylic acids is 3. The van der Waals surface area contributed by atoms with E-state index in [4.69, 9.17) is 14.2 Å². The van der Waals surface area contributed by atoms with Crippen LogP contribution in [0.25, 0.3) is 6.08 Å². The average Bonchev–Trinajstić information content (AvgIpc) is 3.08. The first-order valence-corrected chi connectivity index (χ1v) is 9.18. The molecule has 1 aromatic rings. The summed E-state index contributed by atoms with van der Waals surface area (Å²) in [5, 5.41) is 0.310. The summed E-state index contributed by atoms with van der Waals surface area (Å²) < 4.78 is 40.2. The number of imide groups is 1. The number of ether oxygens (including phenoxy) is 3. The number of carbonyl (C=O) groups is 3. The predicted octanol–water partition coefficient (Wildman–Crippen LogP) is 1.05. The number of sulfone groups is 1. The molecule has 0 N–H and O–H groups in total. The normalized spacial score (nSPS) is 17.4. The topological polar surface area (TPSA) is 126 Å². The summed E-state index contributed by atoms with van der Waals surface area (Å²) in [4.78, 5) is 38.8. The summed E-state index contributed by atoms with van der Waals surface area (Å²) >= 11 is 0. The van der Waals surface area contributed by atoms with Crippen molar-refractivity contribution >= 4 is 33.9 Å². The van der Waals surface area contributed by atoms with Gasteiger partial charge in [-0.3, -0.25) is 14.4 Å². The maximum atomic E-state index is 12.6. The summed E-state index contributed by atoms with van der Waals surface area (Å²) in [5.41, 5.74) is 0.351. The Morgan fingerprint density at radius 1 is 1.07 bits per heavy atom. The number of nitrogens with zero attached hydrogens (tertiary/aromatic N) is 1. The summed E-state index contributed by atoms with van der Waals surface area (Å²) in [5.74, 6) is -0.760. The van der Waals surface area contributed by atoms with E-state index in [-0.39, 0.29) is 28.4 Å². The van der Waals surface area contributed by atoms with Crippen molar-refractivity contribution in [3.63, 3.8) is 0 Å². The van der Waals surface area contributed by atoms with E-state index >= 15 is 0 Å². The van der Waals surface area contributed by atoms with Crippen LogP contribution in [0.2, 0.25) is 0 Å². The lowest BCUT2D eigenvalue weighted by molar-refractivity contribution is -0.176. The lowest BCUT2D eigenvalue weighted by Crippen LogP contribution is -2.32. The molecule has 2 heterocycles. The molecule has 1 saturated heterocycles. The van der Waals surface area contributed by atoms with E-state index in [0.29, 0.717) is 16.4 Å². The van der Waals surface area contributed by atoms with Crippen LogP contribution in [0, 0.1) is 0 Å². The third kappa shape index (κ3) is 3.33. The van der Waals surface area contributed by atoms with Crippen molar-refractivity contribution in [3.05, 3.63) is 22.6 Å². The molecule has 2 amide bonds. The number of hydrogen-bond acceptors (Lipinski definition) is 9. The molecular weight excluding hydrogens is 382 g/mol. The van der Waals surface area contributed by atoms with Crippen molar-refractivity contribution in [2.75, 3.05) is 20.8 Å². The molecule has 0 bridgehead atoms. The van der Waals surface area contributed by atoms with Crippen LogP contribution in [0.3, 0.4) is 0 Å². The molecular formula is C16H15NO9S. The molecule has 11 heteroatoms. The van der Waals surface area contributed by atoms with Gasteiger partial charge < -0.3 is 14.2 Å². The Bertz CT molecular complexity index is 948. The zero-order valence-corrected chi connectivity index (χ0v) is 15.2. The van der Waals surface area contributed by atoms with Crippen molar-refractivity contribution in [2.24, 2.45) is 0 Å². The average molecular weight is 397 g/mol. The van der Waals surface area contributed by atoms with Crippen molar-refractivity contribution < 1.29 is 41.8 Å². The van der Waals surface area contributed by atoms with Gasteiger partial charge in [0.25, 0.3) is 11.8 Å². The van der Waals surface area contributed by atoms with Gasteiger partial charge >= 0.3 is 6.16 Å². The SMILES string of the molecule is COc1cc2c(cc1OC)S(=O)(=O)C(COC(=O)ON1C(=O)CCC1=O)=C2. The van der Waals surface area contributed by atoms with Crippen LogP contribution in [-0.2, 0) is 29.0 Å². The highest BCUT2D eigenvalue weighted by Gasteiger charge is 2.35. The standard InChI is InChI=1S/C16H15NO9S/c1-23-11-6-9-5-10(27(21,22)13(9)7-12(11)24-2)8-25-16(20)26-17-14(18)3-4-15(17)19/h5-7H,3-4,8H2,1-2H3. The number of amides is 2. The summed E-state index contributed by atoms with van der Waals surface area (Å²) in [7, 11) is -1.11. The first kappa shape index (κ1) is 18.7. The van der Waals surface area contributed by atoms with Gasteiger partial charge in [-0.2, -0.15) is 0 Å². The van der Waals surface area contributed by atoms with Crippen molar-refractivity contribution in [2.45, 2.75) is 17.7 Å². The van der Waals surface area contributed by atoms with Gasteiger partial charge in [-0.25, -0.2) is 13.2 Å². The molecule has 0 radical (unpaired) electrons. The molecule has 2 aliphatic rings. The Hall–Kier alpha value is -3.08. The van der Waals surface area contributed by atoms with Crippen LogP contribution >= 0.6 is 0 Å². The van der Waals surface area contributed by atoms with Crippen LogP contribution in [0.4, 0.5) is 4.79 Å². The minimum atomic E-state index is -3.90. The summed E-state index contributed by atoms with van der Waals surface area (Å²) in [6.45, 7) is -0.628. The van der Waals surface area contributed by atoms with Gasteiger partial charge in [0.2, 0.25) is 9.84 Å². The van der Waals surface area contributed by atoms with Crippen LogP contribution < -0.4 is 9.47 Å². The number of benzene rings is 1. The molecule has 0 atom stereocenters. The summed E-state index contributed by atoms with van der Waals surface area (Å²) in [6.07, 6.45) is -0.165. The molecule has 2 aliphatic heterocycles. The van der Waals surface area contributed by atoms with E-state index in [1.807, 2.05) is 0 Å². The number of hydrogen-bond donors (Lipinski definition) is 0. The van der Waals surface area contributed by atoms with Crippen molar-refractivity contribution in [1.82, 2.24) is 5.06 Å². The van der Waals surface area contributed by atoms with Gasteiger partial charge in [-0.05, 0) is 17.7 Å².